The Balaban J connectivity index is 1.66. The Morgan fingerprint density at radius 2 is 1.60 bits per heavy atom. The first kappa shape index (κ1) is 30.7. The molecule has 0 saturated heterocycles. The monoisotopic (exact) mass is 659 g/mol. The van der Waals surface area contributed by atoms with E-state index in [1.165, 1.54) is 6.21 Å². The maximum atomic E-state index is 12.7. The van der Waals surface area contributed by atoms with Crippen molar-refractivity contribution < 1.29 is 28.5 Å². The minimum atomic E-state index is -0.390. The van der Waals surface area contributed by atoms with Crippen molar-refractivity contribution in [1.82, 2.24) is 5.43 Å². The van der Waals surface area contributed by atoms with E-state index in [9.17, 15) is 9.59 Å². The van der Waals surface area contributed by atoms with E-state index in [2.05, 4.69) is 38.4 Å². The number of rotatable bonds is 14. The van der Waals surface area contributed by atoms with Gasteiger partial charge in [-0.3, -0.25) is 9.59 Å². The number of hydrogen-bond acceptors (Lipinski definition) is 7. The Morgan fingerprint density at radius 1 is 0.875 bits per heavy atom. The van der Waals surface area contributed by atoms with Crippen molar-refractivity contribution in [3.63, 3.8) is 0 Å². The maximum Gasteiger partial charge on any atom is 0.271 e. The first-order chi connectivity index (χ1) is 19.3. The average molecular weight is 660 g/mol. The van der Waals surface area contributed by atoms with Crippen molar-refractivity contribution in [2.45, 2.75) is 34.1 Å². The van der Waals surface area contributed by atoms with Gasteiger partial charge in [0, 0.05) is 11.3 Å². The zero-order chi connectivity index (χ0) is 28.9. The number of hydrogen-bond donors (Lipinski definition) is 2. The summed E-state index contributed by atoms with van der Waals surface area (Å²) in [4.78, 5) is 25.1. The fourth-order valence-electron chi connectivity index (χ4n) is 3.52. The highest BCUT2D eigenvalue weighted by molar-refractivity contribution is 14.1. The van der Waals surface area contributed by atoms with Crippen LogP contribution in [0.25, 0.3) is 0 Å². The van der Waals surface area contributed by atoms with Gasteiger partial charge in [0.1, 0.15) is 0 Å². The van der Waals surface area contributed by atoms with Gasteiger partial charge >= 0.3 is 0 Å². The second-order valence-corrected chi connectivity index (χ2v) is 9.77. The summed E-state index contributed by atoms with van der Waals surface area (Å²) in [5, 5.41) is 6.92. The Labute approximate surface area is 248 Å². The smallest absolute Gasteiger partial charge is 0.271 e. The van der Waals surface area contributed by atoms with E-state index < -0.39 is 5.91 Å². The van der Waals surface area contributed by atoms with E-state index >= 15 is 0 Å². The van der Waals surface area contributed by atoms with E-state index in [1.54, 1.807) is 24.3 Å². The summed E-state index contributed by atoms with van der Waals surface area (Å²) in [6.45, 7) is 8.96. The molecule has 3 aromatic carbocycles. The van der Waals surface area contributed by atoms with Crippen LogP contribution in [0.3, 0.4) is 0 Å². The number of aryl methyl sites for hydroxylation is 1. The van der Waals surface area contributed by atoms with Crippen molar-refractivity contribution >= 4 is 46.3 Å². The second-order valence-electron chi connectivity index (χ2n) is 8.61. The Morgan fingerprint density at radius 3 is 2.30 bits per heavy atom. The van der Waals surface area contributed by atoms with Crippen LogP contribution in [0.4, 0.5) is 5.69 Å². The van der Waals surface area contributed by atoms with Crippen LogP contribution in [0, 0.1) is 10.5 Å². The molecule has 0 heterocycles. The van der Waals surface area contributed by atoms with Gasteiger partial charge in [0.05, 0.1) is 29.6 Å². The molecule has 0 radical (unpaired) electrons. The number of halogens is 1. The van der Waals surface area contributed by atoms with Gasteiger partial charge in [0.25, 0.3) is 11.8 Å². The zero-order valence-electron chi connectivity index (χ0n) is 23.1. The van der Waals surface area contributed by atoms with E-state index in [1.807, 2.05) is 58.0 Å². The molecule has 0 aliphatic heterocycles. The van der Waals surface area contributed by atoms with E-state index in [4.69, 9.17) is 18.9 Å². The molecule has 2 N–H and O–H groups in total. The molecule has 0 aliphatic rings. The summed E-state index contributed by atoms with van der Waals surface area (Å²) in [7, 11) is 0. The predicted octanol–water partition coefficient (Wildman–Crippen LogP) is 5.97. The molecule has 0 spiro atoms. The molecule has 0 aromatic heterocycles. The highest BCUT2D eigenvalue weighted by Gasteiger charge is 2.15. The van der Waals surface area contributed by atoms with Crippen LogP contribution < -0.4 is 29.7 Å². The van der Waals surface area contributed by atoms with Gasteiger partial charge in [0.2, 0.25) is 0 Å². The molecule has 3 rings (SSSR count). The summed E-state index contributed by atoms with van der Waals surface area (Å²) in [5.41, 5.74) is 5.42. The van der Waals surface area contributed by atoms with Crippen molar-refractivity contribution in [3.05, 3.63) is 74.9 Å². The quantitative estimate of drug-likeness (QED) is 0.126. The second kappa shape index (κ2) is 15.7. The molecule has 212 valence electrons. The Bertz CT molecular complexity index is 1330. The van der Waals surface area contributed by atoms with Crippen molar-refractivity contribution in [3.8, 4) is 23.0 Å². The van der Waals surface area contributed by atoms with Gasteiger partial charge in [-0.1, -0.05) is 24.6 Å². The highest BCUT2D eigenvalue weighted by Crippen LogP contribution is 2.34. The van der Waals surface area contributed by atoms with Crippen LogP contribution in [0.5, 0.6) is 23.0 Å². The van der Waals surface area contributed by atoms with Gasteiger partial charge in [-0.25, -0.2) is 5.43 Å². The van der Waals surface area contributed by atoms with E-state index in [0.29, 0.717) is 59.6 Å². The Hall–Kier alpha value is -3.80. The minimum absolute atomic E-state index is 0.181. The zero-order valence-corrected chi connectivity index (χ0v) is 25.2. The SMILES string of the molecule is CCCOc1ccc(C(=O)N/N=C/c2cc(I)c(OCC(=O)Nc3ccc(C)cc3)c(OCC)c2)cc1OCC. The number of anilines is 1. The number of hydrazone groups is 1. The molecule has 0 saturated carbocycles. The van der Waals surface area contributed by atoms with Crippen molar-refractivity contribution in [1.29, 1.82) is 0 Å². The number of carbonyl (C=O) groups excluding carboxylic acids is 2. The summed E-state index contributed by atoms with van der Waals surface area (Å²) in [5.74, 6) is 1.35. The first-order valence-corrected chi connectivity index (χ1v) is 14.1. The van der Waals surface area contributed by atoms with Crippen LogP contribution in [-0.2, 0) is 4.79 Å². The molecular formula is C30H34IN3O6. The normalized spacial score (nSPS) is 10.7. The fourth-order valence-corrected chi connectivity index (χ4v) is 4.30. The molecule has 0 fully saturated rings. The number of carbonyl (C=O) groups is 2. The van der Waals surface area contributed by atoms with Crippen LogP contribution in [-0.4, -0.2) is 44.5 Å². The lowest BCUT2D eigenvalue weighted by molar-refractivity contribution is -0.118. The van der Waals surface area contributed by atoms with E-state index in [-0.39, 0.29) is 12.5 Å². The van der Waals surface area contributed by atoms with Crippen LogP contribution in [0.1, 0.15) is 48.7 Å². The lowest BCUT2D eigenvalue weighted by atomic mass is 10.2. The topological polar surface area (TPSA) is 107 Å². The fraction of sp³-hybridized carbons (Fsp3) is 0.300. The summed E-state index contributed by atoms with van der Waals surface area (Å²) in [6, 6.07) is 16.1. The molecular weight excluding hydrogens is 625 g/mol. The molecule has 0 atom stereocenters. The van der Waals surface area contributed by atoms with Crippen molar-refractivity contribution in [2.24, 2.45) is 5.10 Å². The maximum absolute atomic E-state index is 12.7. The van der Waals surface area contributed by atoms with Crippen LogP contribution in [0.15, 0.2) is 59.7 Å². The molecule has 3 aromatic rings. The highest BCUT2D eigenvalue weighted by atomic mass is 127. The standard InChI is InChI=1S/C30H34IN3O6/c1-5-14-39-25-13-10-22(17-26(25)37-6-2)30(36)34-32-18-21-15-24(31)29(27(16-21)38-7-3)40-19-28(35)33-23-11-8-20(4)9-12-23/h8-13,15-18H,5-7,14,19H2,1-4H3,(H,33,35)(H,34,36)/b32-18+. The van der Waals surface area contributed by atoms with Gasteiger partial charge in [-0.2, -0.15) is 5.10 Å². The summed E-state index contributed by atoms with van der Waals surface area (Å²) in [6.07, 6.45) is 2.38. The predicted molar refractivity (Wildman–Crippen MR) is 164 cm³/mol. The molecule has 0 unspecified atom stereocenters. The molecule has 9 nitrogen and oxygen atoms in total. The number of nitrogens with zero attached hydrogens (tertiary/aromatic N) is 1. The average Bonchev–Trinajstić information content (AvgIpc) is 2.93. The molecule has 10 heteroatoms. The third-order valence-electron chi connectivity index (χ3n) is 5.36. The van der Waals surface area contributed by atoms with Crippen molar-refractivity contribution in [2.75, 3.05) is 31.7 Å². The third-order valence-corrected chi connectivity index (χ3v) is 6.16. The van der Waals surface area contributed by atoms with Gasteiger partial charge in [-0.15, -0.1) is 0 Å². The number of nitrogens with one attached hydrogen (secondary N) is 2. The van der Waals surface area contributed by atoms with Crippen LogP contribution in [0.2, 0.25) is 0 Å². The number of amides is 2. The van der Waals surface area contributed by atoms with Gasteiger partial charge in [-0.05, 0) is 97.8 Å². The Kier molecular flexibility index (Phi) is 12.1. The summed E-state index contributed by atoms with van der Waals surface area (Å²) >= 11 is 2.11. The largest absolute Gasteiger partial charge is 0.490 e. The number of benzene rings is 3. The van der Waals surface area contributed by atoms with E-state index in [0.717, 1.165) is 15.6 Å². The van der Waals surface area contributed by atoms with Gasteiger partial charge in [0.15, 0.2) is 29.6 Å². The minimum Gasteiger partial charge on any atom is -0.490 e. The summed E-state index contributed by atoms with van der Waals surface area (Å²) < 4.78 is 23.6. The molecule has 40 heavy (non-hydrogen) atoms. The third kappa shape index (κ3) is 9.15. The lowest BCUT2D eigenvalue weighted by Gasteiger charge is -2.14. The van der Waals surface area contributed by atoms with Gasteiger partial charge < -0.3 is 24.3 Å². The lowest BCUT2D eigenvalue weighted by Crippen LogP contribution is -2.20. The molecule has 0 bridgehead atoms. The van der Waals surface area contributed by atoms with Crippen LogP contribution >= 0.6 is 22.6 Å². The molecule has 2 amide bonds. The number of ether oxygens (including phenoxy) is 4. The molecule has 0 aliphatic carbocycles. The first-order valence-electron chi connectivity index (χ1n) is 13.0.